The number of hydrogen-bond acceptors (Lipinski definition) is 2. The van der Waals surface area contributed by atoms with Gasteiger partial charge in [-0.1, -0.05) is 32.0 Å². The van der Waals surface area contributed by atoms with Gasteiger partial charge in [0.2, 0.25) is 0 Å². The normalized spacial score (nSPS) is 12.2. The second-order valence-corrected chi connectivity index (χ2v) is 9.77. The van der Waals surface area contributed by atoms with Crippen LogP contribution in [0.15, 0.2) is 24.3 Å². The second kappa shape index (κ2) is 6.24. The molecule has 0 aliphatic heterocycles. The van der Waals surface area contributed by atoms with Crippen LogP contribution in [-0.4, -0.2) is 12.3 Å². The molecular weight excluding hydrogens is 271 g/mol. The Labute approximate surface area is 120 Å². The van der Waals surface area contributed by atoms with E-state index in [1.807, 2.05) is 11.3 Å². The standard InChI is InChI=1S/C16H23OPS/c1-4-10-18(17,11-5-2)12-16-13(3)14-8-6-7-9-15(14)19-16/h6-9H,4-5,10-12H2,1-3H3. The Kier molecular flexibility index (Phi) is 4.86. The Bertz CT molecular complexity index is 590. The third-order valence-electron chi connectivity index (χ3n) is 3.64. The van der Waals surface area contributed by atoms with E-state index < -0.39 is 7.14 Å². The summed E-state index contributed by atoms with van der Waals surface area (Å²) in [5.41, 5.74) is 1.34. The van der Waals surface area contributed by atoms with Gasteiger partial charge in [0.05, 0.1) is 7.14 Å². The molecule has 0 spiro atoms. The van der Waals surface area contributed by atoms with E-state index in [1.165, 1.54) is 20.5 Å². The van der Waals surface area contributed by atoms with Gasteiger partial charge in [0.1, 0.15) is 0 Å². The summed E-state index contributed by atoms with van der Waals surface area (Å²) in [6.07, 6.45) is 4.66. The van der Waals surface area contributed by atoms with Crippen LogP contribution in [0.5, 0.6) is 0 Å². The first kappa shape index (κ1) is 14.8. The summed E-state index contributed by atoms with van der Waals surface area (Å²) in [5.74, 6) is 0. The molecule has 1 aromatic carbocycles. The molecule has 0 amide bonds. The monoisotopic (exact) mass is 294 g/mol. The predicted octanol–water partition coefficient (Wildman–Crippen LogP) is 5.89. The van der Waals surface area contributed by atoms with Gasteiger partial charge in [-0.3, -0.25) is 0 Å². The molecule has 0 radical (unpaired) electrons. The fraction of sp³-hybridized carbons (Fsp3) is 0.500. The summed E-state index contributed by atoms with van der Waals surface area (Å²) in [4.78, 5) is 1.34. The van der Waals surface area contributed by atoms with Gasteiger partial charge >= 0.3 is 0 Å². The predicted molar refractivity (Wildman–Crippen MR) is 88.2 cm³/mol. The van der Waals surface area contributed by atoms with Crippen molar-refractivity contribution in [2.24, 2.45) is 0 Å². The molecule has 0 saturated carbocycles. The van der Waals surface area contributed by atoms with E-state index in [-0.39, 0.29) is 0 Å². The summed E-state index contributed by atoms with van der Waals surface area (Å²) < 4.78 is 14.3. The van der Waals surface area contributed by atoms with Crippen molar-refractivity contribution in [3.05, 3.63) is 34.7 Å². The molecule has 1 aromatic heterocycles. The Morgan fingerprint density at radius 1 is 1.11 bits per heavy atom. The molecule has 0 aliphatic carbocycles. The molecule has 2 rings (SSSR count). The van der Waals surface area contributed by atoms with Crippen molar-refractivity contribution >= 4 is 28.6 Å². The fourth-order valence-electron chi connectivity index (χ4n) is 2.72. The minimum Gasteiger partial charge on any atom is -0.323 e. The van der Waals surface area contributed by atoms with E-state index in [4.69, 9.17) is 0 Å². The van der Waals surface area contributed by atoms with Gasteiger partial charge in [0.15, 0.2) is 0 Å². The summed E-state index contributed by atoms with van der Waals surface area (Å²) in [7, 11) is -2.01. The number of aryl methyl sites for hydroxylation is 1. The minimum atomic E-state index is -2.01. The van der Waals surface area contributed by atoms with Gasteiger partial charge in [0, 0.05) is 28.1 Å². The highest BCUT2D eigenvalue weighted by Gasteiger charge is 2.23. The van der Waals surface area contributed by atoms with Crippen molar-refractivity contribution in [3.8, 4) is 0 Å². The van der Waals surface area contributed by atoms with E-state index in [1.54, 1.807) is 0 Å². The number of fused-ring (bicyclic) bond motifs is 1. The topological polar surface area (TPSA) is 17.1 Å². The number of hydrogen-bond donors (Lipinski definition) is 0. The van der Waals surface area contributed by atoms with Crippen LogP contribution in [0.4, 0.5) is 0 Å². The molecule has 2 aromatic rings. The molecule has 0 fully saturated rings. The number of thiophene rings is 1. The van der Waals surface area contributed by atoms with Crippen molar-refractivity contribution in [1.29, 1.82) is 0 Å². The van der Waals surface area contributed by atoms with Crippen LogP contribution in [0.2, 0.25) is 0 Å². The molecule has 0 bridgehead atoms. The minimum absolute atomic E-state index is 0.805. The van der Waals surface area contributed by atoms with E-state index in [9.17, 15) is 4.57 Å². The summed E-state index contributed by atoms with van der Waals surface area (Å²) in [6, 6.07) is 8.51. The molecule has 1 heterocycles. The Morgan fingerprint density at radius 3 is 2.32 bits per heavy atom. The summed E-state index contributed by atoms with van der Waals surface area (Å²) >= 11 is 1.83. The molecule has 1 nitrogen and oxygen atoms in total. The van der Waals surface area contributed by atoms with Crippen molar-refractivity contribution < 1.29 is 4.57 Å². The van der Waals surface area contributed by atoms with Gasteiger partial charge in [-0.2, -0.15) is 0 Å². The molecule has 0 N–H and O–H groups in total. The summed E-state index contributed by atoms with van der Waals surface area (Å²) in [6.45, 7) is 6.45. The lowest BCUT2D eigenvalue weighted by Crippen LogP contribution is -1.97. The smallest absolute Gasteiger partial charge is 0.0927 e. The first-order valence-electron chi connectivity index (χ1n) is 7.13. The average Bonchev–Trinajstić information content (AvgIpc) is 2.67. The zero-order valence-corrected chi connectivity index (χ0v) is 13.8. The van der Waals surface area contributed by atoms with E-state index in [0.717, 1.165) is 31.3 Å². The van der Waals surface area contributed by atoms with E-state index in [0.29, 0.717) is 0 Å². The van der Waals surface area contributed by atoms with Gasteiger partial charge in [-0.25, -0.2) is 0 Å². The van der Waals surface area contributed by atoms with E-state index in [2.05, 4.69) is 45.0 Å². The fourth-order valence-corrected chi connectivity index (χ4v) is 7.62. The SMILES string of the molecule is CCCP(=O)(CCC)Cc1sc2ccccc2c1C. The lowest BCUT2D eigenvalue weighted by molar-refractivity contribution is 0.572. The van der Waals surface area contributed by atoms with Crippen LogP contribution in [0.25, 0.3) is 10.1 Å². The molecule has 0 unspecified atom stereocenters. The lowest BCUT2D eigenvalue weighted by atomic mass is 10.2. The third kappa shape index (κ3) is 3.30. The second-order valence-electron chi connectivity index (χ2n) is 5.31. The largest absolute Gasteiger partial charge is 0.323 e. The number of rotatable bonds is 6. The van der Waals surface area contributed by atoms with Crippen molar-refractivity contribution in [2.75, 3.05) is 12.3 Å². The maximum Gasteiger partial charge on any atom is 0.0927 e. The van der Waals surface area contributed by atoms with Gasteiger partial charge in [0.25, 0.3) is 0 Å². The van der Waals surface area contributed by atoms with E-state index >= 15 is 0 Å². The molecular formula is C16H23OPS. The number of benzene rings is 1. The highest BCUT2D eigenvalue weighted by Crippen LogP contribution is 2.52. The first-order valence-corrected chi connectivity index (χ1v) is 10.2. The Balaban J connectivity index is 2.34. The van der Waals surface area contributed by atoms with Gasteiger partial charge < -0.3 is 4.57 Å². The molecule has 3 heteroatoms. The Hall–Kier alpha value is -0.590. The summed E-state index contributed by atoms with van der Waals surface area (Å²) in [5, 5.41) is 1.34. The first-order chi connectivity index (χ1) is 9.09. The highest BCUT2D eigenvalue weighted by atomic mass is 32.1. The van der Waals surface area contributed by atoms with Gasteiger partial charge in [-0.05, 0) is 36.8 Å². The average molecular weight is 294 g/mol. The van der Waals surface area contributed by atoms with Crippen molar-refractivity contribution in [1.82, 2.24) is 0 Å². The van der Waals surface area contributed by atoms with Crippen LogP contribution >= 0.6 is 18.5 Å². The molecule has 0 atom stereocenters. The van der Waals surface area contributed by atoms with Gasteiger partial charge in [-0.15, -0.1) is 11.3 Å². The molecule has 0 saturated heterocycles. The van der Waals surface area contributed by atoms with Crippen molar-refractivity contribution in [3.63, 3.8) is 0 Å². The quantitative estimate of drug-likeness (QED) is 0.607. The van der Waals surface area contributed by atoms with Crippen LogP contribution in [0.1, 0.15) is 37.1 Å². The molecule has 104 valence electrons. The van der Waals surface area contributed by atoms with Crippen LogP contribution in [-0.2, 0) is 10.7 Å². The maximum absolute atomic E-state index is 13.0. The highest BCUT2D eigenvalue weighted by molar-refractivity contribution is 7.63. The van der Waals surface area contributed by atoms with Crippen molar-refractivity contribution in [2.45, 2.75) is 39.8 Å². The lowest BCUT2D eigenvalue weighted by Gasteiger charge is -2.16. The van der Waals surface area contributed by atoms with Crippen LogP contribution < -0.4 is 0 Å². The molecule has 0 aliphatic rings. The maximum atomic E-state index is 13.0. The molecule has 19 heavy (non-hydrogen) atoms. The zero-order chi connectivity index (χ0) is 13.9. The van der Waals surface area contributed by atoms with Crippen LogP contribution in [0, 0.1) is 6.92 Å². The zero-order valence-electron chi connectivity index (χ0n) is 12.1. The van der Waals surface area contributed by atoms with Crippen LogP contribution in [0.3, 0.4) is 0 Å². The third-order valence-corrected chi connectivity index (χ3v) is 8.54. The Morgan fingerprint density at radius 2 is 1.74 bits per heavy atom.